The van der Waals surface area contributed by atoms with Crippen molar-refractivity contribution in [3.63, 3.8) is 0 Å². The molecule has 0 amide bonds. The second-order valence-corrected chi connectivity index (χ2v) is 4.82. The van der Waals surface area contributed by atoms with Crippen molar-refractivity contribution < 1.29 is 9.47 Å². The van der Waals surface area contributed by atoms with E-state index in [1.807, 2.05) is 0 Å². The molecule has 90 valence electrons. The van der Waals surface area contributed by atoms with E-state index in [0.717, 1.165) is 51.5 Å². The van der Waals surface area contributed by atoms with E-state index in [9.17, 15) is 0 Å². The first-order valence-electron chi connectivity index (χ1n) is 5.58. The minimum Gasteiger partial charge on any atom is -0.383 e. The zero-order valence-corrected chi connectivity index (χ0v) is 10.8. The highest BCUT2D eigenvalue weighted by Gasteiger charge is 2.32. The summed E-state index contributed by atoms with van der Waals surface area (Å²) >= 11 is 4.50. The Bertz CT molecular complexity index is 172. The smallest absolute Gasteiger partial charge is 0.0589 e. The average Bonchev–Trinajstić information content (AvgIpc) is 2.27. The van der Waals surface area contributed by atoms with Gasteiger partial charge in [0.15, 0.2) is 0 Å². The molecule has 1 fully saturated rings. The predicted octanol–water partition coefficient (Wildman–Crippen LogP) is 1.29. The number of hydrogen-bond donors (Lipinski definition) is 1. The van der Waals surface area contributed by atoms with Gasteiger partial charge in [-0.25, -0.2) is 0 Å². The van der Waals surface area contributed by atoms with Crippen LogP contribution in [0.4, 0.5) is 0 Å². The van der Waals surface area contributed by atoms with Crippen LogP contribution in [-0.2, 0) is 9.47 Å². The van der Waals surface area contributed by atoms with Gasteiger partial charge in [0.2, 0.25) is 0 Å². The highest BCUT2D eigenvalue weighted by atomic mass is 32.1. The van der Waals surface area contributed by atoms with E-state index in [4.69, 9.17) is 9.47 Å². The quantitative estimate of drug-likeness (QED) is 0.699. The van der Waals surface area contributed by atoms with Gasteiger partial charge in [0, 0.05) is 33.4 Å². The van der Waals surface area contributed by atoms with Crippen LogP contribution in [0.5, 0.6) is 0 Å². The van der Waals surface area contributed by atoms with Gasteiger partial charge < -0.3 is 14.4 Å². The first-order chi connectivity index (χ1) is 7.22. The lowest BCUT2D eigenvalue weighted by Gasteiger charge is -2.39. The van der Waals surface area contributed by atoms with Gasteiger partial charge in [-0.05, 0) is 31.1 Å². The fourth-order valence-electron chi connectivity index (χ4n) is 2.07. The summed E-state index contributed by atoms with van der Waals surface area (Å²) in [6.07, 6.45) is 2.27. The van der Waals surface area contributed by atoms with E-state index < -0.39 is 0 Å². The van der Waals surface area contributed by atoms with Crippen molar-refractivity contribution >= 4 is 12.6 Å². The number of likely N-dealkylation sites (N-methyl/N-ethyl adjacent to an activating group) is 1. The first kappa shape index (κ1) is 13.3. The monoisotopic (exact) mass is 233 g/mol. The molecule has 3 nitrogen and oxygen atoms in total. The molecule has 0 aromatic carbocycles. The molecule has 0 aromatic heterocycles. The lowest BCUT2D eigenvalue weighted by Crippen LogP contribution is -2.42. The zero-order valence-electron chi connectivity index (χ0n) is 9.87. The van der Waals surface area contributed by atoms with Crippen LogP contribution in [0, 0.1) is 5.41 Å². The first-order valence-corrected chi connectivity index (χ1v) is 6.22. The lowest BCUT2D eigenvalue weighted by atomic mass is 9.81. The third-order valence-corrected chi connectivity index (χ3v) is 3.84. The zero-order chi connectivity index (χ0) is 11.1. The summed E-state index contributed by atoms with van der Waals surface area (Å²) < 4.78 is 10.5. The van der Waals surface area contributed by atoms with Crippen molar-refractivity contribution in [3.8, 4) is 0 Å². The van der Waals surface area contributed by atoms with Gasteiger partial charge in [-0.3, -0.25) is 0 Å². The summed E-state index contributed by atoms with van der Waals surface area (Å²) in [6.45, 7) is 4.67. The molecule has 15 heavy (non-hydrogen) atoms. The number of methoxy groups -OCH3 is 1. The summed E-state index contributed by atoms with van der Waals surface area (Å²) in [5, 5.41) is 0. The van der Waals surface area contributed by atoms with Crippen molar-refractivity contribution in [1.29, 1.82) is 0 Å². The van der Waals surface area contributed by atoms with Crippen LogP contribution in [-0.4, -0.2) is 57.7 Å². The highest BCUT2D eigenvalue weighted by Crippen LogP contribution is 2.32. The largest absolute Gasteiger partial charge is 0.383 e. The second kappa shape index (κ2) is 6.74. The van der Waals surface area contributed by atoms with Gasteiger partial charge in [0.25, 0.3) is 0 Å². The maximum Gasteiger partial charge on any atom is 0.0589 e. The summed E-state index contributed by atoms with van der Waals surface area (Å²) in [6, 6.07) is 0. The molecule has 1 aliphatic rings. The van der Waals surface area contributed by atoms with Crippen LogP contribution in [0.2, 0.25) is 0 Å². The van der Waals surface area contributed by atoms with E-state index in [1.165, 1.54) is 0 Å². The van der Waals surface area contributed by atoms with E-state index in [1.54, 1.807) is 7.11 Å². The van der Waals surface area contributed by atoms with Crippen LogP contribution < -0.4 is 0 Å². The van der Waals surface area contributed by atoms with Gasteiger partial charge in [-0.2, -0.15) is 12.6 Å². The van der Waals surface area contributed by atoms with Gasteiger partial charge in [0.1, 0.15) is 0 Å². The fraction of sp³-hybridized carbons (Fsp3) is 1.00. The molecule has 0 bridgehead atoms. The molecule has 0 saturated carbocycles. The molecule has 0 aromatic rings. The lowest BCUT2D eigenvalue weighted by molar-refractivity contribution is 0.00873. The highest BCUT2D eigenvalue weighted by molar-refractivity contribution is 7.80. The Labute approximate surface area is 98.5 Å². The molecule has 1 rings (SSSR count). The molecule has 0 aliphatic carbocycles. The topological polar surface area (TPSA) is 21.7 Å². The van der Waals surface area contributed by atoms with Gasteiger partial charge in [-0.15, -0.1) is 0 Å². The summed E-state index contributed by atoms with van der Waals surface area (Å²) in [5.74, 6) is 0.952. The molecule has 1 aliphatic heterocycles. The molecule has 0 N–H and O–H groups in total. The SMILES string of the molecule is COCCN(C)CC1(CS)CCOCC1. The standard InChI is InChI=1S/C11H23NO2S/c1-12(5-8-13-2)9-11(10-15)3-6-14-7-4-11/h15H,3-10H2,1-2H3. The summed E-state index contributed by atoms with van der Waals surface area (Å²) in [4.78, 5) is 2.34. The Hall–Kier alpha value is 0.230. The summed E-state index contributed by atoms with van der Waals surface area (Å²) in [7, 11) is 3.90. The Morgan fingerprint density at radius 1 is 1.40 bits per heavy atom. The molecule has 0 radical (unpaired) electrons. The number of rotatable bonds is 6. The molecule has 0 spiro atoms. The minimum atomic E-state index is 0.351. The van der Waals surface area contributed by atoms with Crippen LogP contribution in [0.1, 0.15) is 12.8 Å². The molecule has 4 heteroatoms. The molecular weight excluding hydrogens is 210 g/mol. The third-order valence-electron chi connectivity index (χ3n) is 3.17. The summed E-state index contributed by atoms with van der Waals surface area (Å²) in [5.41, 5.74) is 0.351. The van der Waals surface area contributed by atoms with Crippen LogP contribution in [0.15, 0.2) is 0 Å². The minimum absolute atomic E-state index is 0.351. The Morgan fingerprint density at radius 3 is 2.60 bits per heavy atom. The van der Waals surface area contributed by atoms with Crippen molar-refractivity contribution in [1.82, 2.24) is 4.90 Å². The normalized spacial score (nSPS) is 20.8. The number of hydrogen-bond acceptors (Lipinski definition) is 4. The number of thiol groups is 1. The van der Waals surface area contributed by atoms with Crippen molar-refractivity contribution in [2.24, 2.45) is 5.41 Å². The van der Waals surface area contributed by atoms with E-state index in [2.05, 4.69) is 24.6 Å². The Kier molecular flexibility index (Phi) is 5.97. The van der Waals surface area contributed by atoms with Crippen LogP contribution >= 0.6 is 12.6 Å². The fourth-order valence-corrected chi connectivity index (χ4v) is 2.49. The van der Waals surface area contributed by atoms with Gasteiger partial charge in [0.05, 0.1) is 6.61 Å². The van der Waals surface area contributed by atoms with Gasteiger partial charge in [-0.1, -0.05) is 0 Å². The van der Waals surface area contributed by atoms with Crippen molar-refractivity contribution in [2.45, 2.75) is 12.8 Å². The second-order valence-electron chi connectivity index (χ2n) is 4.50. The molecule has 0 unspecified atom stereocenters. The van der Waals surface area contributed by atoms with E-state index >= 15 is 0 Å². The molecule has 0 atom stereocenters. The molecular formula is C11H23NO2S. The third kappa shape index (κ3) is 4.31. The number of ether oxygens (including phenoxy) is 2. The van der Waals surface area contributed by atoms with E-state index in [-0.39, 0.29) is 0 Å². The molecule has 1 saturated heterocycles. The van der Waals surface area contributed by atoms with E-state index in [0.29, 0.717) is 5.41 Å². The Balaban J connectivity index is 2.37. The van der Waals surface area contributed by atoms with Gasteiger partial charge >= 0.3 is 0 Å². The number of nitrogens with zero attached hydrogens (tertiary/aromatic N) is 1. The van der Waals surface area contributed by atoms with Crippen molar-refractivity contribution in [2.75, 3.05) is 52.8 Å². The maximum absolute atomic E-state index is 5.41. The predicted molar refractivity (Wildman–Crippen MR) is 65.7 cm³/mol. The van der Waals surface area contributed by atoms with Crippen LogP contribution in [0.25, 0.3) is 0 Å². The maximum atomic E-state index is 5.41. The van der Waals surface area contributed by atoms with Crippen LogP contribution in [0.3, 0.4) is 0 Å². The van der Waals surface area contributed by atoms with Crippen molar-refractivity contribution in [3.05, 3.63) is 0 Å². The molecule has 1 heterocycles. The average molecular weight is 233 g/mol. The Morgan fingerprint density at radius 2 is 2.07 bits per heavy atom.